The summed E-state index contributed by atoms with van der Waals surface area (Å²) in [4.78, 5) is 2.35. The highest BCUT2D eigenvalue weighted by Gasteiger charge is 2.19. The molecule has 21 heavy (non-hydrogen) atoms. The van der Waals surface area contributed by atoms with E-state index in [0.29, 0.717) is 0 Å². The molecule has 3 heteroatoms. The number of anilines is 2. The number of nitrogens with one attached hydrogen (secondary N) is 1. The third-order valence-electron chi connectivity index (χ3n) is 3.99. The molecule has 0 bridgehead atoms. The first-order valence-corrected chi connectivity index (χ1v) is 8.02. The SMILES string of the molecule is CCNCc1ccc(N2CCCc3ccccc32)c(Cl)c1. The topological polar surface area (TPSA) is 15.3 Å². The Labute approximate surface area is 131 Å². The van der Waals surface area contributed by atoms with Crippen molar-refractivity contribution in [2.45, 2.75) is 26.3 Å². The Hall–Kier alpha value is -1.51. The molecule has 0 amide bonds. The van der Waals surface area contributed by atoms with Crippen LogP contribution < -0.4 is 10.2 Å². The number of fused-ring (bicyclic) bond motifs is 1. The molecule has 1 N–H and O–H groups in total. The van der Waals surface area contributed by atoms with Crippen molar-refractivity contribution < 1.29 is 0 Å². The summed E-state index contributed by atoms with van der Waals surface area (Å²) in [6.07, 6.45) is 2.33. The molecule has 1 heterocycles. The molecule has 1 aliphatic heterocycles. The Morgan fingerprint density at radius 1 is 1.14 bits per heavy atom. The largest absolute Gasteiger partial charge is 0.340 e. The predicted molar refractivity (Wildman–Crippen MR) is 90.6 cm³/mol. The molecule has 0 spiro atoms. The van der Waals surface area contributed by atoms with Gasteiger partial charge in [-0.1, -0.05) is 42.8 Å². The number of para-hydroxylation sites is 1. The highest BCUT2D eigenvalue weighted by Crippen LogP contribution is 2.37. The first-order chi connectivity index (χ1) is 10.3. The Balaban J connectivity index is 1.91. The highest BCUT2D eigenvalue weighted by molar-refractivity contribution is 6.33. The van der Waals surface area contributed by atoms with Crippen LogP contribution in [-0.2, 0) is 13.0 Å². The number of benzene rings is 2. The standard InChI is InChI=1S/C18H21ClN2/c1-2-20-13-14-9-10-18(16(19)12-14)21-11-5-7-15-6-3-4-8-17(15)21/h3-4,6,8-10,12,20H,2,5,7,11,13H2,1H3. The van der Waals surface area contributed by atoms with Crippen molar-refractivity contribution in [3.63, 3.8) is 0 Å². The van der Waals surface area contributed by atoms with E-state index in [4.69, 9.17) is 11.6 Å². The van der Waals surface area contributed by atoms with Gasteiger partial charge >= 0.3 is 0 Å². The smallest absolute Gasteiger partial charge is 0.0646 e. The van der Waals surface area contributed by atoms with Crippen molar-refractivity contribution in [1.29, 1.82) is 0 Å². The van der Waals surface area contributed by atoms with Gasteiger partial charge in [-0.3, -0.25) is 0 Å². The van der Waals surface area contributed by atoms with Crippen LogP contribution in [0.1, 0.15) is 24.5 Å². The van der Waals surface area contributed by atoms with Crippen molar-refractivity contribution in [1.82, 2.24) is 5.32 Å². The summed E-state index contributed by atoms with van der Waals surface area (Å²) in [7, 11) is 0. The fourth-order valence-corrected chi connectivity index (χ4v) is 3.24. The monoisotopic (exact) mass is 300 g/mol. The summed E-state index contributed by atoms with van der Waals surface area (Å²) in [5.41, 5.74) is 5.06. The lowest BCUT2D eigenvalue weighted by molar-refractivity contribution is 0.726. The fourth-order valence-electron chi connectivity index (χ4n) is 2.93. The van der Waals surface area contributed by atoms with E-state index in [9.17, 15) is 0 Å². The normalized spacial score (nSPS) is 14.1. The predicted octanol–water partition coefficient (Wildman–Crippen LogP) is 4.53. The Morgan fingerprint density at radius 2 is 2.00 bits per heavy atom. The van der Waals surface area contributed by atoms with Crippen LogP contribution in [0.4, 0.5) is 11.4 Å². The molecule has 0 aliphatic carbocycles. The summed E-state index contributed by atoms with van der Waals surface area (Å²) in [6, 6.07) is 15.0. The minimum atomic E-state index is 0.835. The Morgan fingerprint density at radius 3 is 2.81 bits per heavy atom. The van der Waals surface area contributed by atoms with E-state index in [1.165, 1.54) is 23.2 Å². The quantitative estimate of drug-likeness (QED) is 0.892. The summed E-state index contributed by atoms with van der Waals surface area (Å²) in [5, 5.41) is 4.17. The van der Waals surface area contributed by atoms with E-state index < -0.39 is 0 Å². The number of hydrogen-bond donors (Lipinski definition) is 1. The van der Waals surface area contributed by atoms with Crippen LogP contribution in [0.5, 0.6) is 0 Å². The zero-order valence-electron chi connectivity index (χ0n) is 12.4. The minimum Gasteiger partial charge on any atom is -0.340 e. The summed E-state index contributed by atoms with van der Waals surface area (Å²) in [6.45, 7) is 4.98. The molecule has 0 radical (unpaired) electrons. The van der Waals surface area contributed by atoms with Gasteiger partial charge < -0.3 is 10.2 Å². The van der Waals surface area contributed by atoms with Gasteiger partial charge in [0.1, 0.15) is 0 Å². The van der Waals surface area contributed by atoms with Crippen molar-refractivity contribution in [2.24, 2.45) is 0 Å². The first-order valence-electron chi connectivity index (χ1n) is 7.64. The van der Waals surface area contributed by atoms with E-state index in [0.717, 1.165) is 36.8 Å². The van der Waals surface area contributed by atoms with Gasteiger partial charge in [0, 0.05) is 18.8 Å². The number of aryl methyl sites for hydroxylation is 1. The molecule has 2 aromatic rings. The third kappa shape index (κ3) is 3.07. The van der Waals surface area contributed by atoms with Gasteiger partial charge in [-0.2, -0.15) is 0 Å². The zero-order valence-corrected chi connectivity index (χ0v) is 13.2. The Bertz CT molecular complexity index is 624. The molecule has 0 fully saturated rings. The number of rotatable bonds is 4. The van der Waals surface area contributed by atoms with Gasteiger partial charge in [0.15, 0.2) is 0 Å². The van der Waals surface area contributed by atoms with Crippen LogP contribution in [0.25, 0.3) is 0 Å². The van der Waals surface area contributed by atoms with Crippen molar-refractivity contribution in [2.75, 3.05) is 18.0 Å². The van der Waals surface area contributed by atoms with Crippen molar-refractivity contribution >= 4 is 23.0 Å². The average Bonchev–Trinajstić information content (AvgIpc) is 2.53. The Kier molecular flexibility index (Phi) is 4.47. The van der Waals surface area contributed by atoms with Gasteiger partial charge in [-0.25, -0.2) is 0 Å². The van der Waals surface area contributed by atoms with Gasteiger partial charge in [0.2, 0.25) is 0 Å². The van der Waals surface area contributed by atoms with Gasteiger partial charge in [-0.05, 0) is 48.7 Å². The van der Waals surface area contributed by atoms with Gasteiger partial charge in [-0.15, -0.1) is 0 Å². The van der Waals surface area contributed by atoms with Crippen LogP contribution in [-0.4, -0.2) is 13.1 Å². The average molecular weight is 301 g/mol. The van der Waals surface area contributed by atoms with E-state index in [1.807, 2.05) is 0 Å². The molecule has 0 atom stereocenters. The molecule has 2 aromatic carbocycles. The number of halogens is 1. The first kappa shape index (κ1) is 14.4. The molecule has 0 unspecified atom stereocenters. The molecule has 0 saturated heterocycles. The second-order valence-corrected chi connectivity index (χ2v) is 5.86. The third-order valence-corrected chi connectivity index (χ3v) is 4.29. The maximum absolute atomic E-state index is 6.54. The molecule has 0 aromatic heterocycles. The van der Waals surface area contributed by atoms with Crippen LogP contribution in [0.15, 0.2) is 42.5 Å². The fraction of sp³-hybridized carbons (Fsp3) is 0.333. The van der Waals surface area contributed by atoms with Crippen molar-refractivity contribution in [3.05, 3.63) is 58.6 Å². The van der Waals surface area contributed by atoms with E-state index in [-0.39, 0.29) is 0 Å². The molecule has 110 valence electrons. The van der Waals surface area contributed by atoms with Crippen molar-refractivity contribution in [3.8, 4) is 0 Å². The van der Waals surface area contributed by atoms with Crippen LogP contribution in [0.2, 0.25) is 5.02 Å². The van der Waals surface area contributed by atoms with Gasteiger partial charge in [0.05, 0.1) is 10.7 Å². The summed E-state index contributed by atoms with van der Waals surface area (Å²) in [5.74, 6) is 0. The summed E-state index contributed by atoms with van der Waals surface area (Å²) >= 11 is 6.54. The second kappa shape index (κ2) is 6.50. The lowest BCUT2D eigenvalue weighted by Gasteiger charge is -2.32. The molecule has 2 nitrogen and oxygen atoms in total. The van der Waals surface area contributed by atoms with Crippen LogP contribution in [0.3, 0.4) is 0 Å². The molecule has 3 rings (SSSR count). The maximum Gasteiger partial charge on any atom is 0.0646 e. The lowest BCUT2D eigenvalue weighted by Crippen LogP contribution is -2.24. The second-order valence-electron chi connectivity index (χ2n) is 5.45. The van der Waals surface area contributed by atoms with E-state index >= 15 is 0 Å². The van der Waals surface area contributed by atoms with Crippen LogP contribution in [0, 0.1) is 0 Å². The number of hydrogen-bond acceptors (Lipinski definition) is 2. The minimum absolute atomic E-state index is 0.835. The number of nitrogens with zero attached hydrogens (tertiary/aromatic N) is 1. The van der Waals surface area contributed by atoms with E-state index in [2.05, 4.69) is 59.6 Å². The molecule has 1 aliphatic rings. The molecular weight excluding hydrogens is 280 g/mol. The van der Waals surface area contributed by atoms with E-state index in [1.54, 1.807) is 0 Å². The summed E-state index contributed by atoms with van der Waals surface area (Å²) < 4.78 is 0. The molecular formula is C18H21ClN2. The lowest BCUT2D eigenvalue weighted by atomic mass is 10.0. The van der Waals surface area contributed by atoms with Crippen LogP contribution >= 0.6 is 11.6 Å². The highest BCUT2D eigenvalue weighted by atomic mass is 35.5. The maximum atomic E-state index is 6.54. The van der Waals surface area contributed by atoms with Gasteiger partial charge in [0.25, 0.3) is 0 Å². The zero-order chi connectivity index (χ0) is 14.7. The molecule has 0 saturated carbocycles.